The Kier molecular flexibility index (Phi) is 7.55. The van der Waals surface area contributed by atoms with Crippen molar-refractivity contribution in [3.63, 3.8) is 0 Å². The number of ether oxygens (including phenoxy) is 3. The van der Waals surface area contributed by atoms with Crippen LogP contribution in [0.15, 0.2) is 23.1 Å². The van der Waals surface area contributed by atoms with Crippen LogP contribution < -0.4 is 10.1 Å². The van der Waals surface area contributed by atoms with Crippen molar-refractivity contribution in [1.82, 2.24) is 4.31 Å². The molecule has 1 fully saturated rings. The molecule has 0 aliphatic carbocycles. The molecule has 1 aromatic heterocycles. The molecule has 0 radical (unpaired) electrons. The Morgan fingerprint density at radius 3 is 2.53 bits per heavy atom. The van der Waals surface area contributed by atoms with Gasteiger partial charge in [-0.15, -0.1) is 11.3 Å². The Morgan fingerprint density at radius 1 is 1.22 bits per heavy atom. The highest BCUT2D eigenvalue weighted by molar-refractivity contribution is 7.89. The van der Waals surface area contributed by atoms with Crippen molar-refractivity contribution in [2.45, 2.75) is 25.7 Å². The highest BCUT2D eigenvalue weighted by Crippen LogP contribution is 2.34. The average Bonchev–Trinajstić information content (AvgIpc) is 3.06. The zero-order chi connectivity index (χ0) is 23.5. The van der Waals surface area contributed by atoms with Gasteiger partial charge in [0, 0.05) is 18.0 Å². The second-order valence-electron chi connectivity index (χ2n) is 7.04. The first-order valence-electron chi connectivity index (χ1n) is 10.0. The van der Waals surface area contributed by atoms with Gasteiger partial charge in [0.2, 0.25) is 10.0 Å². The van der Waals surface area contributed by atoms with E-state index in [0.29, 0.717) is 23.8 Å². The van der Waals surface area contributed by atoms with Crippen LogP contribution in [0.2, 0.25) is 0 Å². The number of esters is 1. The number of sulfonamides is 1. The van der Waals surface area contributed by atoms with Crippen LogP contribution in [0.1, 0.15) is 38.1 Å². The Bertz CT molecular complexity index is 1120. The lowest BCUT2D eigenvalue weighted by Crippen LogP contribution is -2.40. The maximum atomic E-state index is 13.1. The van der Waals surface area contributed by atoms with E-state index in [-0.39, 0.29) is 35.9 Å². The summed E-state index contributed by atoms with van der Waals surface area (Å²) in [5, 5.41) is 3.07. The third kappa shape index (κ3) is 4.80. The van der Waals surface area contributed by atoms with Gasteiger partial charge in [0.15, 0.2) is 0 Å². The van der Waals surface area contributed by atoms with E-state index in [1.54, 1.807) is 13.8 Å². The summed E-state index contributed by atoms with van der Waals surface area (Å²) in [6, 6.07) is 4.14. The normalized spacial score (nSPS) is 14.8. The van der Waals surface area contributed by atoms with Gasteiger partial charge in [-0.05, 0) is 44.5 Å². The number of benzene rings is 1. The minimum atomic E-state index is -3.80. The highest BCUT2D eigenvalue weighted by atomic mass is 32.2. The van der Waals surface area contributed by atoms with Gasteiger partial charge in [-0.3, -0.25) is 4.79 Å². The molecular weight excluding hydrogens is 456 g/mol. The second kappa shape index (κ2) is 9.99. The van der Waals surface area contributed by atoms with E-state index in [1.165, 1.54) is 41.0 Å². The van der Waals surface area contributed by atoms with Crippen LogP contribution >= 0.6 is 11.3 Å². The summed E-state index contributed by atoms with van der Waals surface area (Å²) < 4.78 is 43.0. The summed E-state index contributed by atoms with van der Waals surface area (Å²) in [7, 11) is -2.41. The molecule has 0 saturated carbocycles. The van der Waals surface area contributed by atoms with Crippen molar-refractivity contribution >= 4 is 38.2 Å². The summed E-state index contributed by atoms with van der Waals surface area (Å²) >= 11 is 1.25. The standard InChI is InChI=1S/C21H26N2O7S2/c1-5-30-21(25)18-13(2)14(3)31-20(18)22-19(24)16-12-15(6-7-17(16)28-4)32(26,27)23-8-10-29-11-9-23/h6-7,12H,5,8-11H2,1-4H3,(H,22,24). The van der Waals surface area contributed by atoms with Crippen LogP contribution in [-0.2, 0) is 19.5 Å². The predicted octanol–water partition coefficient (Wildman–Crippen LogP) is 2.82. The van der Waals surface area contributed by atoms with Gasteiger partial charge in [-0.2, -0.15) is 4.31 Å². The predicted molar refractivity (Wildman–Crippen MR) is 120 cm³/mol. The molecule has 2 aromatic rings. The number of methoxy groups -OCH3 is 1. The number of hydrogen-bond acceptors (Lipinski definition) is 8. The molecular formula is C21H26N2O7S2. The summed E-state index contributed by atoms with van der Waals surface area (Å²) in [6.45, 7) is 6.65. The van der Waals surface area contributed by atoms with Gasteiger partial charge < -0.3 is 19.5 Å². The van der Waals surface area contributed by atoms with Crippen molar-refractivity contribution in [2.24, 2.45) is 0 Å². The fraction of sp³-hybridized carbons (Fsp3) is 0.429. The molecule has 0 atom stereocenters. The van der Waals surface area contributed by atoms with Gasteiger partial charge in [0.05, 0.1) is 43.0 Å². The Hall–Kier alpha value is -2.47. The van der Waals surface area contributed by atoms with Gasteiger partial charge in [0.25, 0.3) is 5.91 Å². The van der Waals surface area contributed by atoms with Crippen LogP contribution in [0.25, 0.3) is 0 Å². The molecule has 9 nitrogen and oxygen atoms in total. The summed E-state index contributed by atoms with van der Waals surface area (Å²) in [4.78, 5) is 26.4. The molecule has 1 aromatic carbocycles. The molecule has 1 aliphatic rings. The number of nitrogens with zero attached hydrogens (tertiary/aromatic N) is 1. The number of thiophene rings is 1. The van der Waals surface area contributed by atoms with Crippen molar-refractivity contribution in [2.75, 3.05) is 45.3 Å². The molecule has 3 rings (SSSR count). The number of morpholine rings is 1. The lowest BCUT2D eigenvalue weighted by molar-refractivity contribution is 0.0527. The zero-order valence-corrected chi connectivity index (χ0v) is 20.0. The lowest BCUT2D eigenvalue weighted by Gasteiger charge is -2.26. The van der Waals surface area contributed by atoms with Crippen molar-refractivity contribution < 1.29 is 32.2 Å². The molecule has 11 heteroatoms. The Balaban J connectivity index is 1.96. The minimum absolute atomic E-state index is 0.0190. The summed E-state index contributed by atoms with van der Waals surface area (Å²) in [5.41, 5.74) is 1.05. The first-order valence-corrected chi connectivity index (χ1v) is 12.3. The monoisotopic (exact) mass is 482 g/mol. The number of carbonyl (C=O) groups is 2. The van der Waals surface area contributed by atoms with Gasteiger partial charge in [-0.25, -0.2) is 13.2 Å². The Labute approximate surface area is 191 Å². The lowest BCUT2D eigenvalue weighted by atomic mass is 10.1. The van der Waals surface area contributed by atoms with E-state index in [4.69, 9.17) is 14.2 Å². The Morgan fingerprint density at radius 2 is 1.91 bits per heavy atom. The van der Waals surface area contributed by atoms with E-state index in [2.05, 4.69) is 5.32 Å². The maximum absolute atomic E-state index is 13.1. The average molecular weight is 483 g/mol. The van der Waals surface area contributed by atoms with Crippen molar-refractivity contribution in [3.05, 3.63) is 39.8 Å². The highest BCUT2D eigenvalue weighted by Gasteiger charge is 2.29. The molecule has 0 spiro atoms. The quantitative estimate of drug-likeness (QED) is 0.604. The van der Waals surface area contributed by atoms with Crippen LogP contribution in [-0.4, -0.2) is 64.6 Å². The number of aryl methyl sites for hydroxylation is 1. The number of rotatable bonds is 7. The van der Waals surface area contributed by atoms with Crippen LogP contribution in [0, 0.1) is 13.8 Å². The van der Waals surface area contributed by atoms with E-state index < -0.39 is 21.9 Å². The summed E-state index contributed by atoms with van der Waals surface area (Å²) in [5.74, 6) is -0.904. The minimum Gasteiger partial charge on any atom is -0.496 e. The third-order valence-corrected chi connectivity index (χ3v) is 8.13. The first-order chi connectivity index (χ1) is 15.2. The first kappa shape index (κ1) is 24.2. The molecule has 32 heavy (non-hydrogen) atoms. The maximum Gasteiger partial charge on any atom is 0.341 e. The largest absolute Gasteiger partial charge is 0.496 e. The topological polar surface area (TPSA) is 111 Å². The number of amides is 1. The molecule has 1 amide bonds. The molecule has 1 N–H and O–H groups in total. The number of hydrogen-bond donors (Lipinski definition) is 1. The fourth-order valence-electron chi connectivity index (χ4n) is 3.30. The fourth-order valence-corrected chi connectivity index (χ4v) is 5.77. The number of nitrogens with one attached hydrogen (secondary N) is 1. The van der Waals surface area contributed by atoms with E-state index in [1.807, 2.05) is 6.92 Å². The van der Waals surface area contributed by atoms with E-state index >= 15 is 0 Å². The molecule has 0 bridgehead atoms. The van der Waals surface area contributed by atoms with Crippen molar-refractivity contribution in [3.8, 4) is 5.75 Å². The van der Waals surface area contributed by atoms with Gasteiger partial charge in [0.1, 0.15) is 10.8 Å². The van der Waals surface area contributed by atoms with Crippen LogP contribution in [0.3, 0.4) is 0 Å². The molecule has 2 heterocycles. The van der Waals surface area contributed by atoms with Crippen molar-refractivity contribution in [1.29, 1.82) is 0 Å². The smallest absolute Gasteiger partial charge is 0.341 e. The van der Waals surface area contributed by atoms with Gasteiger partial charge >= 0.3 is 5.97 Å². The number of anilines is 1. The van der Waals surface area contributed by atoms with E-state index in [9.17, 15) is 18.0 Å². The third-order valence-electron chi connectivity index (χ3n) is 5.12. The SMILES string of the molecule is CCOC(=O)c1c(NC(=O)c2cc(S(=O)(=O)N3CCOCC3)ccc2OC)sc(C)c1C. The molecule has 174 valence electrons. The van der Waals surface area contributed by atoms with Crippen LogP contribution in [0.4, 0.5) is 5.00 Å². The molecule has 0 unspecified atom stereocenters. The molecule has 1 saturated heterocycles. The zero-order valence-electron chi connectivity index (χ0n) is 18.4. The summed E-state index contributed by atoms with van der Waals surface area (Å²) in [6.07, 6.45) is 0. The molecule has 1 aliphatic heterocycles. The van der Waals surface area contributed by atoms with E-state index in [0.717, 1.165) is 10.4 Å². The second-order valence-corrected chi connectivity index (χ2v) is 10.2. The van der Waals surface area contributed by atoms with Crippen LogP contribution in [0.5, 0.6) is 5.75 Å². The van der Waals surface area contributed by atoms with Gasteiger partial charge in [-0.1, -0.05) is 0 Å². The number of carbonyl (C=O) groups excluding carboxylic acids is 2.